The monoisotopic (exact) mass is 308 g/mol. The van der Waals surface area contributed by atoms with Crippen LogP contribution in [0.2, 0.25) is 5.02 Å². The van der Waals surface area contributed by atoms with E-state index in [0.717, 1.165) is 5.69 Å². The first-order chi connectivity index (χ1) is 9.56. The number of fused-ring (bicyclic) bond motifs is 1. The highest BCUT2D eigenvalue weighted by Crippen LogP contribution is 2.29. The highest BCUT2D eigenvalue weighted by atomic mass is 35.5. The van der Waals surface area contributed by atoms with Crippen LogP contribution < -0.4 is 0 Å². The molecule has 102 valence electrons. The van der Waals surface area contributed by atoms with Crippen molar-refractivity contribution >= 4 is 34.2 Å². The minimum atomic E-state index is -0.304. The fraction of sp³-hybridized carbons (Fsp3) is 0.133. The van der Waals surface area contributed by atoms with Crippen molar-refractivity contribution in [1.29, 1.82) is 0 Å². The molecule has 0 bridgehead atoms. The Bertz CT molecular complexity index is 763. The average Bonchev–Trinajstić information content (AvgIpc) is 2.78. The van der Waals surface area contributed by atoms with Gasteiger partial charge in [0.1, 0.15) is 11.6 Å². The zero-order valence-electron chi connectivity index (χ0n) is 10.6. The maximum Gasteiger partial charge on any atom is 0.132 e. The fourth-order valence-corrected chi connectivity index (χ4v) is 2.47. The van der Waals surface area contributed by atoms with Gasteiger partial charge in [0.05, 0.1) is 16.4 Å². The lowest BCUT2D eigenvalue weighted by molar-refractivity contribution is 0.629. The van der Waals surface area contributed by atoms with E-state index in [1.165, 1.54) is 12.1 Å². The number of hydrogen-bond acceptors (Lipinski definition) is 1. The van der Waals surface area contributed by atoms with E-state index in [1.807, 2.05) is 23.6 Å². The van der Waals surface area contributed by atoms with Gasteiger partial charge in [-0.05, 0) is 43.3 Å². The van der Waals surface area contributed by atoms with Gasteiger partial charge in [0, 0.05) is 16.8 Å². The number of benzene rings is 2. The van der Waals surface area contributed by atoms with Crippen LogP contribution in [0.1, 0.15) is 18.1 Å². The summed E-state index contributed by atoms with van der Waals surface area (Å²) in [4.78, 5) is 4.48. The molecule has 0 spiro atoms. The molecule has 0 saturated heterocycles. The van der Waals surface area contributed by atoms with Gasteiger partial charge in [0.25, 0.3) is 0 Å². The third-order valence-corrected chi connectivity index (χ3v) is 3.53. The normalized spacial score (nSPS) is 12.8. The molecule has 0 aliphatic carbocycles. The van der Waals surface area contributed by atoms with Crippen molar-refractivity contribution in [2.75, 3.05) is 0 Å². The third-order valence-electron chi connectivity index (χ3n) is 3.08. The highest BCUT2D eigenvalue weighted by molar-refractivity contribution is 6.30. The van der Waals surface area contributed by atoms with Crippen molar-refractivity contribution < 1.29 is 4.39 Å². The number of rotatable bonds is 2. The van der Waals surface area contributed by atoms with E-state index in [0.29, 0.717) is 21.9 Å². The van der Waals surface area contributed by atoms with Gasteiger partial charge in [-0.3, -0.25) is 4.57 Å². The molecule has 0 N–H and O–H groups in total. The topological polar surface area (TPSA) is 17.8 Å². The zero-order chi connectivity index (χ0) is 14.3. The summed E-state index contributed by atoms with van der Waals surface area (Å²) >= 11 is 12.1. The molecule has 5 heteroatoms. The summed E-state index contributed by atoms with van der Waals surface area (Å²) in [6.45, 7) is 1.84. The van der Waals surface area contributed by atoms with Crippen molar-refractivity contribution in [1.82, 2.24) is 9.55 Å². The summed E-state index contributed by atoms with van der Waals surface area (Å²) in [6, 6.07) is 11.8. The van der Waals surface area contributed by atoms with Crippen LogP contribution in [0.25, 0.3) is 16.7 Å². The van der Waals surface area contributed by atoms with E-state index >= 15 is 0 Å². The molecule has 1 unspecified atom stereocenters. The molecule has 1 aromatic heterocycles. The average molecular weight is 309 g/mol. The molecule has 0 aliphatic rings. The maximum absolute atomic E-state index is 13.5. The number of imidazole rings is 1. The second-order valence-electron chi connectivity index (χ2n) is 4.53. The lowest BCUT2D eigenvalue weighted by atomic mass is 10.2. The molecule has 0 radical (unpaired) electrons. The second-order valence-corrected chi connectivity index (χ2v) is 5.62. The van der Waals surface area contributed by atoms with E-state index in [-0.39, 0.29) is 11.2 Å². The summed E-state index contributed by atoms with van der Waals surface area (Å²) in [5.74, 6) is 0.371. The van der Waals surface area contributed by atoms with Crippen LogP contribution in [0.3, 0.4) is 0 Å². The Balaban J connectivity index is 2.33. The van der Waals surface area contributed by atoms with Crippen LogP contribution in [-0.2, 0) is 0 Å². The molecular weight excluding hydrogens is 298 g/mol. The SMILES string of the molecule is CC(Cl)c1nc2ccc(F)cc2n1-c1ccc(Cl)cc1. The molecule has 20 heavy (non-hydrogen) atoms. The molecule has 3 rings (SSSR count). The molecule has 3 aromatic rings. The van der Waals surface area contributed by atoms with Gasteiger partial charge in [-0.25, -0.2) is 9.37 Å². The van der Waals surface area contributed by atoms with Gasteiger partial charge in [-0.2, -0.15) is 0 Å². The van der Waals surface area contributed by atoms with E-state index in [4.69, 9.17) is 23.2 Å². The molecule has 2 aromatic carbocycles. The van der Waals surface area contributed by atoms with Gasteiger partial charge in [0.15, 0.2) is 0 Å². The maximum atomic E-state index is 13.5. The van der Waals surface area contributed by atoms with E-state index < -0.39 is 0 Å². The quantitative estimate of drug-likeness (QED) is 0.601. The second kappa shape index (κ2) is 5.08. The molecular formula is C15H11Cl2FN2. The molecule has 0 aliphatic heterocycles. The summed E-state index contributed by atoms with van der Waals surface area (Å²) in [6.07, 6.45) is 0. The summed E-state index contributed by atoms with van der Waals surface area (Å²) < 4.78 is 15.4. The number of aromatic nitrogens is 2. The van der Waals surface area contributed by atoms with E-state index in [9.17, 15) is 4.39 Å². The predicted octanol–water partition coefficient (Wildman–Crippen LogP) is 5.12. The van der Waals surface area contributed by atoms with Crippen LogP contribution in [0.5, 0.6) is 0 Å². The smallest absolute Gasteiger partial charge is 0.132 e. The van der Waals surface area contributed by atoms with Gasteiger partial charge >= 0.3 is 0 Å². The Kier molecular flexibility index (Phi) is 3.40. The fourth-order valence-electron chi connectivity index (χ4n) is 2.20. The number of hydrogen-bond donors (Lipinski definition) is 0. The molecule has 0 saturated carbocycles. The standard InChI is InChI=1S/C15H11Cl2FN2/c1-9(16)15-19-13-7-4-11(18)8-14(13)20(15)12-5-2-10(17)3-6-12/h2-9H,1H3. The Hall–Kier alpha value is -1.58. The first-order valence-corrected chi connectivity index (χ1v) is 6.95. The van der Waals surface area contributed by atoms with Crippen LogP contribution in [0, 0.1) is 5.82 Å². The number of alkyl halides is 1. The Morgan fingerprint density at radius 3 is 2.50 bits per heavy atom. The minimum absolute atomic E-state index is 0.291. The summed E-state index contributed by atoms with van der Waals surface area (Å²) in [5, 5.41) is 0.353. The van der Waals surface area contributed by atoms with Gasteiger partial charge in [0.2, 0.25) is 0 Å². The molecule has 0 amide bonds. The number of nitrogens with zero attached hydrogens (tertiary/aromatic N) is 2. The van der Waals surface area contributed by atoms with Crippen molar-refractivity contribution in [2.45, 2.75) is 12.3 Å². The lowest BCUT2D eigenvalue weighted by Gasteiger charge is -2.10. The lowest BCUT2D eigenvalue weighted by Crippen LogP contribution is -2.01. The van der Waals surface area contributed by atoms with Crippen molar-refractivity contribution in [3.63, 3.8) is 0 Å². The molecule has 2 nitrogen and oxygen atoms in total. The van der Waals surface area contributed by atoms with Crippen molar-refractivity contribution in [2.24, 2.45) is 0 Å². The summed E-state index contributed by atoms with van der Waals surface area (Å²) in [5.41, 5.74) is 2.25. The largest absolute Gasteiger partial charge is 0.295 e. The first kappa shape index (κ1) is 13.4. The Morgan fingerprint density at radius 1 is 1.15 bits per heavy atom. The molecule has 1 heterocycles. The van der Waals surface area contributed by atoms with Crippen LogP contribution >= 0.6 is 23.2 Å². The first-order valence-electron chi connectivity index (χ1n) is 6.14. The van der Waals surface area contributed by atoms with Crippen LogP contribution in [0.4, 0.5) is 4.39 Å². The van der Waals surface area contributed by atoms with E-state index in [1.54, 1.807) is 18.2 Å². The third kappa shape index (κ3) is 2.28. The Labute approximate surface area is 125 Å². The van der Waals surface area contributed by atoms with Crippen LogP contribution in [-0.4, -0.2) is 9.55 Å². The molecule has 1 atom stereocenters. The number of halogens is 3. The van der Waals surface area contributed by atoms with Gasteiger partial charge in [-0.1, -0.05) is 11.6 Å². The van der Waals surface area contributed by atoms with Gasteiger partial charge in [-0.15, -0.1) is 11.6 Å². The van der Waals surface area contributed by atoms with Gasteiger partial charge < -0.3 is 0 Å². The van der Waals surface area contributed by atoms with Crippen molar-refractivity contribution in [3.8, 4) is 5.69 Å². The summed E-state index contributed by atoms with van der Waals surface area (Å²) in [7, 11) is 0. The Morgan fingerprint density at radius 2 is 1.85 bits per heavy atom. The zero-order valence-corrected chi connectivity index (χ0v) is 12.2. The van der Waals surface area contributed by atoms with Crippen LogP contribution in [0.15, 0.2) is 42.5 Å². The molecule has 0 fully saturated rings. The minimum Gasteiger partial charge on any atom is -0.295 e. The van der Waals surface area contributed by atoms with Crippen molar-refractivity contribution in [3.05, 3.63) is 59.1 Å². The van der Waals surface area contributed by atoms with E-state index in [2.05, 4.69) is 4.98 Å². The highest BCUT2D eigenvalue weighted by Gasteiger charge is 2.16. The predicted molar refractivity (Wildman–Crippen MR) is 80.3 cm³/mol.